The molecule has 62 valence electrons. The lowest BCUT2D eigenvalue weighted by Gasteiger charge is -1.95. The molecule has 11 heavy (non-hydrogen) atoms. The highest BCUT2D eigenvalue weighted by atomic mass is 16.5. The molecule has 1 heterocycles. The van der Waals surface area contributed by atoms with E-state index in [0.717, 1.165) is 5.56 Å². The minimum atomic E-state index is 0.565. The number of aromatic nitrogens is 2. The van der Waals surface area contributed by atoms with E-state index >= 15 is 0 Å². The molecule has 3 heteroatoms. The van der Waals surface area contributed by atoms with E-state index in [-0.39, 0.29) is 0 Å². The van der Waals surface area contributed by atoms with Crippen LogP contribution in [0.5, 0.6) is 5.88 Å². The minimum absolute atomic E-state index is 0.565. The first-order chi connectivity index (χ1) is 5.33. The van der Waals surface area contributed by atoms with Gasteiger partial charge in [0.15, 0.2) is 0 Å². The lowest BCUT2D eigenvalue weighted by Crippen LogP contribution is -1.89. The Bertz CT molecular complexity index is 201. The summed E-state index contributed by atoms with van der Waals surface area (Å²) in [7, 11) is 1.57. The molecule has 3 nitrogen and oxygen atoms in total. The van der Waals surface area contributed by atoms with Crippen LogP contribution in [0.3, 0.4) is 0 Å². The number of aryl methyl sites for hydroxylation is 1. The van der Waals surface area contributed by atoms with Gasteiger partial charge in [0, 0.05) is 6.07 Å². The maximum Gasteiger partial charge on any atom is 0.233 e. The van der Waals surface area contributed by atoms with Crippen molar-refractivity contribution in [1.82, 2.24) is 10.2 Å². The fourth-order valence-electron chi connectivity index (χ4n) is 0.537. The number of hydrogen-bond acceptors (Lipinski definition) is 3. The second-order valence-electron chi connectivity index (χ2n) is 1.78. The molecule has 1 aromatic heterocycles. The van der Waals surface area contributed by atoms with E-state index in [9.17, 15) is 0 Å². The van der Waals surface area contributed by atoms with Crippen LogP contribution in [0.15, 0.2) is 12.3 Å². The van der Waals surface area contributed by atoms with E-state index in [0.29, 0.717) is 5.88 Å². The van der Waals surface area contributed by atoms with Crippen LogP contribution in [0.1, 0.15) is 19.4 Å². The Morgan fingerprint density at radius 2 is 2.00 bits per heavy atom. The number of rotatable bonds is 1. The van der Waals surface area contributed by atoms with Crippen LogP contribution in [0, 0.1) is 6.92 Å². The average molecular weight is 154 g/mol. The Morgan fingerprint density at radius 1 is 1.36 bits per heavy atom. The average Bonchev–Trinajstić information content (AvgIpc) is 2.08. The van der Waals surface area contributed by atoms with Gasteiger partial charge >= 0.3 is 0 Å². The Labute approximate surface area is 67.4 Å². The van der Waals surface area contributed by atoms with E-state index in [2.05, 4.69) is 10.2 Å². The third kappa shape index (κ3) is 3.55. The molecule has 0 saturated heterocycles. The van der Waals surface area contributed by atoms with Gasteiger partial charge in [0.05, 0.1) is 13.3 Å². The van der Waals surface area contributed by atoms with Crippen molar-refractivity contribution in [3.05, 3.63) is 17.8 Å². The minimum Gasteiger partial charge on any atom is -0.480 e. The van der Waals surface area contributed by atoms with Crippen molar-refractivity contribution in [2.75, 3.05) is 7.11 Å². The third-order valence-corrected chi connectivity index (χ3v) is 0.978. The highest BCUT2D eigenvalue weighted by Crippen LogP contribution is 2.03. The zero-order valence-corrected chi connectivity index (χ0v) is 7.46. The van der Waals surface area contributed by atoms with Crippen LogP contribution < -0.4 is 4.74 Å². The second-order valence-corrected chi connectivity index (χ2v) is 1.78. The molecule has 0 unspecified atom stereocenters. The molecule has 0 atom stereocenters. The summed E-state index contributed by atoms with van der Waals surface area (Å²) in [5.41, 5.74) is 1.06. The van der Waals surface area contributed by atoms with Gasteiger partial charge in [-0.15, -0.1) is 5.10 Å². The van der Waals surface area contributed by atoms with Crippen LogP contribution in [0.4, 0.5) is 0 Å². The predicted octanol–water partition coefficient (Wildman–Crippen LogP) is 1.82. The largest absolute Gasteiger partial charge is 0.480 e. The zero-order valence-electron chi connectivity index (χ0n) is 7.46. The SMILES string of the molecule is CC.COc1cc(C)cnn1. The molecule has 0 spiro atoms. The second kappa shape index (κ2) is 5.65. The summed E-state index contributed by atoms with van der Waals surface area (Å²) < 4.78 is 4.82. The Morgan fingerprint density at radius 3 is 2.36 bits per heavy atom. The molecule has 0 saturated carbocycles. The van der Waals surface area contributed by atoms with Gasteiger partial charge in [0.25, 0.3) is 0 Å². The van der Waals surface area contributed by atoms with Crippen molar-refractivity contribution in [1.29, 1.82) is 0 Å². The maximum absolute atomic E-state index is 4.82. The first kappa shape index (κ1) is 9.88. The van der Waals surface area contributed by atoms with Crippen LogP contribution in [0.25, 0.3) is 0 Å². The molecule has 0 aromatic carbocycles. The van der Waals surface area contributed by atoms with E-state index in [4.69, 9.17) is 4.74 Å². The summed E-state index contributed by atoms with van der Waals surface area (Å²) in [6.07, 6.45) is 1.68. The number of methoxy groups -OCH3 is 1. The molecule has 0 aliphatic heterocycles. The van der Waals surface area contributed by atoms with Gasteiger partial charge in [-0.2, -0.15) is 5.10 Å². The predicted molar refractivity (Wildman–Crippen MR) is 44.7 cm³/mol. The van der Waals surface area contributed by atoms with Gasteiger partial charge in [0.1, 0.15) is 0 Å². The fourth-order valence-corrected chi connectivity index (χ4v) is 0.537. The smallest absolute Gasteiger partial charge is 0.233 e. The number of hydrogen-bond donors (Lipinski definition) is 0. The third-order valence-electron chi connectivity index (χ3n) is 0.978. The van der Waals surface area contributed by atoms with Crippen molar-refractivity contribution >= 4 is 0 Å². The molecular weight excluding hydrogens is 140 g/mol. The summed E-state index contributed by atoms with van der Waals surface area (Å²) in [6, 6.07) is 1.83. The maximum atomic E-state index is 4.82. The highest BCUT2D eigenvalue weighted by molar-refractivity contribution is 5.14. The molecule has 0 bridgehead atoms. The van der Waals surface area contributed by atoms with Crippen molar-refractivity contribution in [2.24, 2.45) is 0 Å². The number of nitrogens with zero attached hydrogens (tertiary/aromatic N) is 2. The van der Waals surface area contributed by atoms with Crippen LogP contribution >= 0.6 is 0 Å². The Balaban J connectivity index is 0.000000461. The first-order valence-corrected chi connectivity index (χ1v) is 3.66. The van der Waals surface area contributed by atoms with Crippen LogP contribution in [-0.2, 0) is 0 Å². The fraction of sp³-hybridized carbons (Fsp3) is 0.500. The van der Waals surface area contributed by atoms with Gasteiger partial charge in [-0.25, -0.2) is 0 Å². The van der Waals surface area contributed by atoms with E-state index < -0.39 is 0 Å². The van der Waals surface area contributed by atoms with Crippen LogP contribution in [0.2, 0.25) is 0 Å². The van der Waals surface area contributed by atoms with Gasteiger partial charge in [0.2, 0.25) is 5.88 Å². The normalized spacial score (nSPS) is 8.00. The number of ether oxygens (including phenoxy) is 1. The molecule has 0 fully saturated rings. The summed E-state index contributed by atoms with van der Waals surface area (Å²) in [5.74, 6) is 0.565. The summed E-state index contributed by atoms with van der Waals surface area (Å²) in [4.78, 5) is 0. The molecule has 1 aromatic rings. The molecule has 0 radical (unpaired) electrons. The Kier molecular flexibility index (Phi) is 5.07. The van der Waals surface area contributed by atoms with E-state index in [1.807, 2.05) is 26.8 Å². The topological polar surface area (TPSA) is 35.0 Å². The standard InChI is InChI=1S/C6H8N2O.C2H6/c1-5-3-6(9-2)8-7-4-5;1-2/h3-4H,1-2H3;1-2H3. The highest BCUT2D eigenvalue weighted by Gasteiger charge is 1.89. The van der Waals surface area contributed by atoms with E-state index in [1.54, 1.807) is 13.3 Å². The monoisotopic (exact) mass is 154 g/mol. The molecular formula is C8H14N2O. The van der Waals surface area contributed by atoms with Crippen LogP contribution in [-0.4, -0.2) is 17.3 Å². The van der Waals surface area contributed by atoms with Crippen molar-refractivity contribution in [3.8, 4) is 5.88 Å². The molecule has 0 N–H and O–H groups in total. The van der Waals surface area contributed by atoms with Crippen molar-refractivity contribution in [2.45, 2.75) is 20.8 Å². The van der Waals surface area contributed by atoms with Gasteiger partial charge in [-0.05, 0) is 12.5 Å². The summed E-state index contributed by atoms with van der Waals surface area (Å²) in [5, 5.41) is 7.37. The quantitative estimate of drug-likeness (QED) is 0.619. The molecule has 0 aliphatic rings. The molecule has 1 rings (SSSR count). The lowest BCUT2D eigenvalue weighted by molar-refractivity contribution is 0.391. The van der Waals surface area contributed by atoms with Gasteiger partial charge < -0.3 is 4.74 Å². The van der Waals surface area contributed by atoms with Gasteiger partial charge in [-0.1, -0.05) is 13.8 Å². The summed E-state index contributed by atoms with van der Waals surface area (Å²) >= 11 is 0. The Hall–Kier alpha value is -1.12. The zero-order chi connectivity index (χ0) is 8.69. The van der Waals surface area contributed by atoms with Gasteiger partial charge in [-0.3, -0.25) is 0 Å². The first-order valence-electron chi connectivity index (χ1n) is 3.66. The van der Waals surface area contributed by atoms with Crippen molar-refractivity contribution < 1.29 is 4.74 Å². The van der Waals surface area contributed by atoms with E-state index in [1.165, 1.54) is 0 Å². The summed E-state index contributed by atoms with van der Waals surface area (Å²) in [6.45, 7) is 5.94. The molecule has 0 amide bonds. The lowest BCUT2D eigenvalue weighted by atomic mass is 10.3. The molecule has 0 aliphatic carbocycles. The van der Waals surface area contributed by atoms with Crippen molar-refractivity contribution in [3.63, 3.8) is 0 Å².